The first-order valence-corrected chi connectivity index (χ1v) is 14.4. The Morgan fingerprint density at radius 2 is 1.40 bits per heavy atom. The number of carbonyl (C=O) groups is 4. The molecule has 4 atom stereocenters. The minimum atomic E-state index is -1.01. The lowest BCUT2D eigenvalue weighted by Crippen LogP contribution is -2.57. The van der Waals surface area contributed by atoms with Crippen molar-refractivity contribution in [2.45, 2.75) is 56.3 Å². The number of ether oxygens (including phenoxy) is 1. The van der Waals surface area contributed by atoms with Crippen LogP contribution in [0.2, 0.25) is 0 Å². The summed E-state index contributed by atoms with van der Waals surface area (Å²) in [5, 5.41) is 15.1. The summed E-state index contributed by atoms with van der Waals surface area (Å²) < 4.78 is 4.95. The summed E-state index contributed by atoms with van der Waals surface area (Å²) in [5.41, 5.74) is 8.69. The topological polar surface area (TPSA) is 151 Å². The Balaban J connectivity index is 1.48. The maximum atomic E-state index is 13.6. The Morgan fingerprint density at radius 1 is 0.837 bits per heavy atom. The number of nitrogens with one attached hydrogen (secondary N) is 2. The molecule has 3 amide bonds. The van der Waals surface area contributed by atoms with Gasteiger partial charge in [-0.25, -0.2) is 4.79 Å². The van der Waals surface area contributed by atoms with Crippen molar-refractivity contribution in [2.75, 3.05) is 13.7 Å². The van der Waals surface area contributed by atoms with E-state index in [0.717, 1.165) is 16.7 Å². The van der Waals surface area contributed by atoms with Crippen LogP contribution in [0.1, 0.15) is 29.5 Å². The molecule has 5 N–H and O–H groups in total. The fourth-order valence-electron chi connectivity index (χ4n) is 5.27. The van der Waals surface area contributed by atoms with Gasteiger partial charge < -0.3 is 31.1 Å². The fraction of sp³-hybridized carbons (Fsp3) is 0.333. The molecular weight excluding hydrogens is 548 g/mol. The molecule has 10 heteroatoms. The number of carbonyl (C=O) groups excluding carboxylic acids is 4. The van der Waals surface area contributed by atoms with Crippen molar-refractivity contribution >= 4 is 23.7 Å². The quantitative estimate of drug-likeness (QED) is 0.237. The van der Waals surface area contributed by atoms with Gasteiger partial charge in [0.2, 0.25) is 17.7 Å². The SMILES string of the molecule is COC(=O)[C@H](Cc1ccccc1)NC(=O)[C@H](Cc1ccccc1)NC(=O)[C@@H]1CCCN1C(=O)[C@@H](N)Cc1ccc(O)cc1. The third-order valence-electron chi connectivity index (χ3n) is 7.55. The highest BCUT2D eigenvalue weighted by atomic mass is 16.5. The van der Waals surface area contributed by atoms with Crippen molar-refractivity contribution in [3.63, 3.8) is 0 Å². The van der Waals surface area contributed by atoms with Gasteiger partial charge in [0.05, 0.1) is 13.2 Å². The number of hydrogen-bond acceptors (Lipinski definition) is 7. The van der Waals surface area contributed by atoms with Gasteiger partial charge in [0.15, 0.2) is 0 Å². The lowest BCUT2D eigenvalue weighted by atomic mass is 10.0. The summed E-state index contributed by atoms with van der Waals surface area (Å²) in [7, 11) is 1.26. The number of nitrogens with zero attached hydrogens (tertiary/aromatic N) is 1. The second kappa shape index (κ2) is 15.0. The Kier molecular flexibility index (Phi) is 10.9. The molecule has 1 heterocycles. The molecule has 0 unspecified atom stereocenters. The number of aromatic hydroxyl groups is 1. The largest absolute Gasteiger partial charge is 0.508 e. The van der Waals surface area contributed by atoms with E-state index in [1.165, 1.54) is 24.1 Å². The predicted molar refractivity (Wildman–Crippen MR) is 161 cm³/mol. The molecule has 1 aliphatic heterocycles. The summed E-state index contributed by atoms with van der Waals surface area (Å²) in [6.45, 7) is 0.372. The van der Waals surface area contributed by atoms with Gasteiger partial charge >= 0.3 is 5.97 Å². The summed E-state index contributed by atoms with van der Waals surface area (Å²) in [6.07, 6.45) is 1.70. The fourth-order valence-corrected chi connectivity index (χ4v) is 5.27. The van der Waals surface area contributed by atoms with Crippen LogP contribution in [-0.2, 0) is 43.2 Å². The number of phenolic OH excluding ortho intramolecular Hbond substituents is 1. The van der Waals surface area contributed by atoms with Crippen LogP contribution < -0.4 is 16.4 Å². The highest BCUT2D eigenvalue weighted by molar-refractivity contribution is 5.94. The molecule has 10 nitrogen and oxygen atoms in total. The first-order valence-electron chi connectivity index (χ1n) is 14.4. The molecule has 3 aromatic rings. The normalized spacial score (nSPS) is 16.5. The molecule has 1 aliphatic rings. The van der Waals surface area contributed by atoms with Crippen LogP contribution >= 0.6 is 0 Å². The van der Waals surface area contributed by atoms with Crippen LogP contribution in [0.15, 0.2) is 84.9 Å². The van der Waals surface area contributed by atoms with E-state index in [-0.39, 0.29) is 30.9 Å². The number of benzene rings is 3. The zero-order chi connectivity index (χ0) is 30.8. The molecule has 1 fully saturated rings. The second-order valence-electron chi connectivity index (χ2n) is 10.7. The van der Waals surface area contributed by atoms with Gasteiger partial charge in [0.25, 0.3) is 0 Å². The third-order valence-corrected chi connectivity index (χ3v) is 7.55. The van der Waals surface area contributed by atoms with Crippen molar-refractivity contribution < 1.29 is 29.0 Å². The molecule has 4 rings (SSSR count). The number of phenols is 1. The number of hydrogen-bond donors (Lipinski definition) is 4. The minimum absolute atomic E-state index is 0.118. The summed E-state index contributed by atoms with van der Waals surface area (Å²) in [5.74, 6) is -1.84. The van der Waals surface area contributed by atoms with Crippen LogP contribution in [0.5, 0.6) is 5.75 Å². The van der Waals surface area contributed by atoms with Gasteiger partial charge in [-0.2, -0.15) is 0 Å². The first-order chi connectivity index (χ1) is 20.7. The number of likely N-dealkylation sites (tertiary alicyclic amines) is 1. The number of methoxy groups -OCH3 is 1. The van der Waals surface area contributed by atoms with Gasteiger partial charge in [-0.15, -0.1) is 0 Å². The van der Waals surface area contributed by atoms with Crippen molar-refractivity contribution in [3.8, 4) is 5.75 Å². The molecule has 0 radical (unpaired) electrons. The van der Waals surface area contributed by atoms with Gasteiger partial charge in [-0.3, -0.25) is 14.4 Å². The Hall–Kier alpha value is -4.70. The average Bonchev–Trinajstić information content (AvgIpc) is 3.52. The van der Waals surface area contributed by atoms with Crippen molar-refractivity contribution in [1.82, 2.24) is 15.5 Å². The molecule has 1 saturated heterocycles. The molecule has 0 saturated carbocycles. The number of rotatable bonds is 12. The molecule has 0 aromatic heterocycles. The van der Waals surface area contributed by atoms with E-state index in [2.05, 4.69) is 10.6 Å². The van der Waals surface area contributed by atoms with Crippen LogP contribution in [0.25, 0.3) is 0 Å². The molecule has 0 aliphatic carbocycles. The highest BCUT2D eigenvalue weighted by Crippen LogP contribution is 2.20. The molecule has 0 bridgehead atoms. The highest BCUT2D eigenvalue weighted by Gasteiger charge is 2.38. The lowest BCUT2D eigenvalue weighted by molar-refractivity contribution is -0.145. The van der Waals surface area contributed by atoms with E-state index in [1.54, 1.807) is 12.1 Å². The monoisotopic (exact) mass is 586 g/mol. The number of nitrogens with two attached hydrogens (primary N) is 1. The molecule has 3 aromatic carbocycles. The van der Waals surface area contributed by atoms with Crippen LogP contribution in [0, 0.1) is 0 Å². The Labute approximate surface area is 251 Å². The summed E-state index contributed by atoms with van der Waals surface area (Å²) in [6, 6.07) is 21.3. The van der Waals surface area contributed by atoms with Gasteiger partial charge in [-0.1, -0.05) is 72.8 Å². The maximum absolute atomic E-state index is 13.6. The zero-order valence-electron chi connectivity index (χ0n) is 24.1. The van der Waals surface area contributed by atoms with Crippen molar-refractivity contribution in [3.05, 3.63) is 102 Å². The van der Waals surface area contributed by atoms with Crippen LogP contribution in [-0.4, -0.2) is 71.5 Å². The number of esters is 1. The lowest BCUT2D eigenvalue weighted by Gasteiger charge is -2.29. The van der Waals surface area contributed by atoms with Gasteiger partial charge in [-0.05, 0) is 48.1 Å². The summed E-state index contributed by atoms with van der Waals surface area (Å²) in [4.78, 5) is 54.6. The Morgan fingerprint density at radius 3 is 1.98 bits per heavy atom. The standard InChI is InChI=1S/C33H38N4O6/c1-43-33(42)28(21-23-11-6-3-7-12-23)36-30(39)27(20-22-9-4-2-5-10-22)35-31(40)29-13-8-18-37(29)32(41)26(34)19-24-14-16-25(38)17-15-24/h2-7,9-12,14-17,26-29,38H,8,13,18-21,34H2,1H3,(H,35,40)(H,36,39)/t26-,27-,28-,29-/m0/s1. The van der Waals surface area contributed by atoms with E-state index in [4.69, 9.17) is 10.5 Å². The van der Waals surface area contributed by atoms with E-state index in [1.807, 2.05) is 60.7 Å². The number of amides is 3. The average molecular weight is 587 g/mol. The van der Waals surface area contributed by atoms with E-state index < -0.39 is 42.0 Å². The van der Waals surface area contributed by atoms with E-state index in [9.17, 15) is 24.3 Å². The predicted octanol–water partition coefficient (Wildman–Crippen LogP) is 1.88. The van der Waals surface area contributed by atoms with Gasteiger partial charge in [0.1, 0.15) is 23.9 Å². The summed E-state index contributed by atoms with van der Waals surface area (Å²) >= 11 is 0. The van der Waals surface area contributed by atoms with Crippen molar-refractivity contribution in [2.24, 2.45) is 5.73 Å². The molecule has 43 heavy (non-hydrogen) atoms. The van der Waals surface area contributed by atoms with Crippen molar-refractivity contribution in [1.29, 1.82) is 0 Å². The van der Waals surface area contributed by atoms with E-state index in [0.29, 0.717) is 19.4 Å². The van der Waals surface area contributed by atoms with Crippen LogP contribution in [0.3, 0.4) is 0 Å². The second-order valence-corrected chi connectivity index (χ2v) is 10.7. The zero-order valence-corrected chi connectivity index (χ0v) is 24.1. The third kappa shape index (κ3) is 8.65. The molecule has 0 spiro atoms. The Bertz CT molecular complexity index is 1380. The smallest absolute Gasteiger partial charge is 0.328 e. The maximum Gasteiger partial charge on any atom is 0.328 e. The molecule has 226 valence electrons. The van der Waals surface area contributed by atoms with Crippen LogP contribution in [0.4, 0.5) is 0 Å². The van der Waals surface area contributed by atoms with E-state index >= 15 is 0 Å². The minimum Gasteiger partial charge on any atom is -0.508 e. The van der Waals surface area contributed by atoms with Gasteiger partial charge in [0, 0.05) is 19.4 Å². The molecular formula is C33H38N4O6. The first kappa shape index (κ1) is 31.2.